The normalized spacial score (nSPS) is 12.4. The van der Waals surface area contributed by atoms with Gasteiger partial charge < -0.3 is 39.9 Å². The molecule has 12 heteroatoms. The van der Waals surface area contributed by atoms with Crippen LogP contribution in [0.5, 0.6) is 11.5 Å². The molecule has 0 fully saturated rings. The van der Waals surface area contributed by atoms with Crippen LogP contribution in [0.3, 0.4) is 0 Å². The number of ether oxygens (including phenoxy) is 2. The third-order valence-corrected chi connectivity index (χ3v) is 5.03. The first-order chi connectivity index (χ1) is 17.5. The molecule has 0 saturated heterocycles. The second-order valence-corrected chi connectivity index (χ2v) is 10.1. The van der Waals surface area contributed by atoms with Crippen LogP contribution in [-0.4, -0.2) is 83.5 Å². The fourth-order valence-electron chi connectivity index (χ4n) is 2.64. The first-order valence-electron chi connectivity index (χ1n) is 11.5. The quantitative estimate of drug-likeness (QED) is 0.402. The largest absolute Gasteiger partial charge is 0.479 e. The molecule has 4 N–H and O–H groups in total. The number of β-amino-alcohol motifs (C(OH)–C–C–N with tert-alkyl or cyclic N) is 1. The maximum absolute atomic E-state index is 11.8. The minimum absolute atomic E-state index is 0.170. The van der Waals surface area contributed by atoms with Gasteiger partial charge in [0.2, 0.25) is 0 Å². The number of carbonyl (C=O) groups is 3. The van der Waals surface area contributed by atoms with Crippen LogP contribution in [0.1, 0.15) is 44.1 Å². The number of nitrogens with one attached hydrogen (secondary N) is 1. The van der Waals surface area contributed by atoms with Crippen molar-refractivity contribution in [2.75, 3.05) is 34.7 Å². The van der Waals surface area contributed by atoms with E-state index in [1.165, 1.54) is 28.0 Å². The fourth-order valence-corrected chi connectivity index (χ4v) is 2.88. The summed E-state index contributed by atoms with van der Waals surface area (Å²) in [7, 11) is 6.23. The van der Waals surface area contributed by atoms with Gasteiger partial charge in [0.25, 0.3) is 0 Å². The molecule has 0 radical (unpaired) electrons. The second kappa shape index (κ2) is 14.5. The van der Waals surface area contributed by atoms with Gasteiger partial charge in [-0.05, 0) is 44.5 Å². The number of aliphatic hydroxyl groups is 2. The summed E-state index contributed by atoms with van der Waals surface area (Å²) in [5, 5.41) is 31.5. The minimum Gasteiger partial charge on any atom is -0.479 e. The summed E-state index contributed by atoms with van der Waals surface area (Å²) in [5.41, 5.74) is 0.509. The highest BCUT2D eigenvalue weighted by Gasteiger charge is 2.19. The third kappa shape index (κ3) is 11.3. The molecular weight excluding hydrogens is 518 g/mol. The maximum atomic E-state index is 11.8. The lowest BCUT2D eigenvalue weighted by molar-refractivity contribution is -0.146. The number of aliphatic hydroxyl groups excluding tert-OH is 2. The molecule has 0 aliphatic carbocycles. The standard InChI is InChI=1S/C18H29N3O5.C8H7ClO3/c1-18(2,3)19-11-15(22)12-8-13(25-16(23)20(4)5)10-14(9-12)26-17(24)21(6)7;9-6-4-2-1-3-5(6)7(10)8(11)12/h8-10,15,19,22H,11H2,1-7H3;1-4,7,10H,(H,11,12)/t;7-/m.0/s1. The number of amides is 2. The van der Waals surface area contributed by atoms with Gasteiger partial charge in [-0.15, -0.1) is 0 Å². The zero-order chi connectivity index (χ0) is 29.2. The van der Waals surface area contributed by atoms with Crippen molar-refractivity contribution in [1.29, 1.82) is 0 Å². The number of carboxylic acids is 1. The lowest BCUT2D eigenvalue weighted by atomic mass is 10.1. The summed E-state index contributed by atoms with van der Waals surface area (Å²) < 4.78 is 10.5. The van der Waals surface area contributed by atoms with E-state index >= 15 is 0 Å². The van der Waals surface area contributed by atoms with Gasteiger partial charge in [0.1, 0.15) is 11.5 Å². The summed E-state index contributed by atoms with van der Waals surface area (Å²) in [6, 6.07) is 10.8. The average molecular weight is 554 g/mol. The van der Waals surface area contributed by atoms with E-state index in [1.54, 1.807) is 52.5 Å². The van der Waals surface area contributed by atoms with Gasteiger partial charge >= 0.3 is 18.2 Å². The van der Waals surface area contributed by atoms with Gasteiger partial charge in [0, 0.05) is 56.9 Å². The van der Waals surface area contributed by atoms with Gasteiger partial charge in [0.05, 0.1) is 6.10 Å². The molecule has 1 unspecified atom stereocenters. The van der Waals surface area contributed by atoms with E-state index in [1.807, 2.05) is 20.8 Å². The van der Waals surface area contributed by atoms with Crippen molar-refractivity contribution in [2.24, 2.45) is 0 Å². The lowest BCUT2D eigenvalue weighted by Gasteiger charge is -2.23. The van der Waals surface area contributed by atoms with Crippen molar-refractivity contribution in [3.8, 4) is 11.5 Å². The number of hydrogen-bond acceptors (Lipinski definition) is 8. The first-order valence-corrected chi connectivity index (χ1v) is 11.9. The number of nitrogens with zero attached hydrogens (tertiary/aromatic N) is 2. The number of carboxylic acid groups (broad SMARTS) is 1. The molecule has 0 aliphatic rings. The first kappa shape index (κ1) is 32.6. The van der Waals surface area contributed by atoms with Crippen LogP contribution >= 0.6 is 11.6 Å². The molecule has 0 aliphatic heterocycles. The number of carbonyl (C=O) groups excluding carboxylic acids is 2. The SMILES string of the molecule is CN(C)C(=O)Oc1cc(OC(=O)N(C)C)cc(C(O)CNC(C)(C)C)c1.O=C(O)[C@@H](O)c1ccccc1Cl. The number of benzene rings is 2. The van der Waals surface area contributed by atoms with E-state index in [2.05, 4.69) is 5.32 Å². The van der Waals surface area contributed by atoms with Gasteiger partial charge in [-0.2, -0.15) is 0 Å². The summed E-state index contributed by atoms with van der Waals surface area (Å²) in [6.07, 6.45) is -3.56. The van der Waals surface area contributed by atoms with Crippen LogP contribution in [0.15, 0.2) is 42.5 Å². The number of halogens is 1. The summed E-state index contributed by atoms with van der Waals surface area (Å²) >= 11 is 5.64. The Morgan fingerprint density at radius 2 is 1.39 bits per heavy atom. The van der Waals surface area contributed by atoms with Gasteiger partial charge in [-0.3, -0.25) is 0 Å². The Bertz CT molecular complexity index is 1060. The van der Waals surface area contributed by atoms with E-state index < -0.39 is 30.4 Å². The molecule has 2 amide bonds. The molecule has 0 aromatic heterocycles. The molecule has 2 aromatic rings. The van der Waals surface area contributed by atoms with Crippen molar-refractivity contribution in [3.63, 3.8) is 0 Å². The number of hydrogen-bond donors (Lipinski definition) is 4. The Labute approximate surface area is 227 Å². The highest BCUT2D eigenvalue weighted by Crippen LogP contribution is 2.28. The fraction of sp³-hybridized carbons (Fsp3) is 0.423. The van der Waals surface area contributed by atoms with Crippen molar-refractivity contribution < 1.29 is 39.2 Å². The molecule has 0 heterocycles. The molecule has 2 rings (SSSR count). The van der Waals surface area contributed by atoms with E-state index in [9.17, 15) is 19.5 Å². The van der Waals surface area contributed by atoms with Gasteiger partial charge in [0.15, 0.2) is 6.10 Å². The molecule has 2 atom stereocenters. The monoisotopic (exact) mass is 553 g/mol. The van der Waals surface area contributed by atoms with E-state index in [0.29, 0.717) is 5.56 Å². The van der Waals surface area contributed by atoms with Crippen molar-refractivity contribution in [2.45, 2.75) is 38.5 Å². The van der Waals surface area contributed by atoms with E-state index in [4.69, 9.17) is 31.3 Å². The van der Waals surface area contributed by atoms with Crippen LogP contribution in [-0.2, 0) is 4.79 Å². The van der Waals surface area contributed by atoms with Crippen LogP contribution in [0.25, 0.3) is 0 Å². The summed E-state index contributed by atoms with van der Waals surface area (Å²) in [5.74, 6) is -0.946. The zero-order valence-corrected chi connectivity index (χ0v) is 23.3. The average Bonchev–Trinajstić information content (AvgIpc) is 2.81. The number of aliphatic carboxylic acids is 1. The molecule has 210 valence electrons. The van der Waals surface area contributed by atoms with Crippen molar-refractivity contribution in [1.82, 2.24) is 15.1 Å². The van der Waals surface area contributed by atoms with Gasteiger partial charge in [-0.1, -0.05) is 29.8 Å². The molecule has 38 heavy (non-hydrogen) atoms. The van der Waals surface area contributed by atoms with Crippen molar-refractivity contribution >= 4 is 29.8 Å². The Morgan fingerprint density at radius 1 is 0.921 bits per heavy atom. The van der Waals surface area contributed by atoms with Gasteiger partial charge in [-0.25, -0.2) is 14.4 Å². The Balaban J connectivity index is 0.000000499. The van der Waals surface area contributed by atoms with E-state index in [0.717, 1.165) is 0 Å². The molecule has 2 aromatic carbocycles. The molecular formula is C26H36ClN3O8. The third-order valence-electron chi connectivity index (χ3n) is 4.69. The van der Waals surface area contributed by atoms with Crippen molar-refractivity contribution in [3.05, 3.63) is 58.6 Å². The maximum Gasteiger partial charge on any atom is 0.414 e. The second-order valence-electron chi connectivity index (χ2n) is 9.67. The van der Waals surface area contributed by atoms with Crippen LogP contribution in [0, 0.1) is 0 Å². The predicted molar refractivity (Wildman–Crippen MR) is 143 cm³/mol. The van der Waals surface area contributed by atoms with Crippen LogP contribution in [0.4, 0.5) is 9.59 Å². The summed E-state index contributed by atoms with van der Waals surface area (Å²) in [6.45, 7) is 6.24. The molecule has 0 saturated carbocycles. The smallest absolute Gasteiger partial charge is 0.414 e. The Kier molecular flexibility index (Phi) is 12.5. The molecule has 0 spiro atoms. The predicted octanol–water partition coefficient (Wildman–Crippen LogP) is 3.69. The van der Waals surface area contributed by atoms with Crippen LogP contribution in [0.2, 0.25) is 5.02 Å². The number of rotatable bonds is 7. The molecule has 0 bridgehead atoms. The highest BCUT2D eigenvalue weighted by molar-refractivity contribution is 6.31. The Hall–Kier alpha value is -3.38. The zero-order valence-electron chi connectivity index (χ0n) is 22.6. The lowest BCUT2D eigenvalue weighted by Crippen LogP contribution is -2.38. The minimum atomic E-state index is -1.54. The highest BCUT2D eigenvalue weighted by atomic mass is 35.5. The molecule has 11 nitrogen and oxygen atoms in total. The van der Waals surface area contributed by atoms with E-state index in [-0.39, 0.29) is 34.2 Å². The topological polar surface area (TPSA) is 149 Å². The van der Waals surface area contributed by atoms with Crippen LogP contribution < -0.4 is 14.8 Å². The summed E-state index contributed by atoms with van der Waals surface area (Å²) in [4.78, 5) is 36.5. The Morgan fingerprint density at radius 3 is 1.79 bits per heavy atom.